The Kier molecular flexibility index (Phi) is 4.32. The van der Waals surface area contributed by atoms with Crippen LogP contribution in [0.1, 0.15) is 22.6 Å². The van der Waals surface area contributed by atoms with Crippen LogP contribution in [-0.4, -0.2) is 42.8 Å². The van der Waals surface area contributed by atoms with Crippen molar-refractivity contribution in [3.05, 3.63) is 77.6 Å². The second-order valence-electron chi connectivity index (χ2n) is 8.05. The Morgan fingerprint density at radius 2 is 1.90 bits per heavy atom. The van der Waals surface area contributed by atoms with Crippen molar-refractivity contribution in [3.8, 4) is 11.3 Å². The van der Waals surface area contributed by atoms with Gasteiger partial charge >= 0.3 is 0 Å². The maximum absolute atomic E-state index is 5.51. The zero-order valence-corrected chi connectivity index (χ0v) is 17.0. The van der Waals surface area contributed by atoms with Crippen LogP contribution in [0.15, 0.2) is 65.3 Å². The average molecular weight is 384 g/mol. The van der Waals surface area contributed by atoms with Gasteiger partial charge in [-0.3, -0.25) is 0 Å². The summed E-state index contributed by atoms with van der Waals surface area (Å²) >= 11 is 0. The lowest BCUT2D eigenvalue weighted by molar-refractivity contribution is 0.295. The number of fused-ring (bicyclic) bond motifs is 2. The lowest BCUT2D eigenvalue weighted by Crippen LogP contribution is -2.31. The van der Waals surface area contributed by atoms with E-state index in [1.54, 1.807) is 6.26 Å². The molecule has 29 heavy (non-hydrogen) atoms. The quantitative estimate of drug-likeness (QED) is 0.519. The lowest BCUT2D eigenvalue weighted by atomic mass is 9.83. The van der Waals surface area contributed by atoms with Gasteiger partial charge in [0.05, 0.1) is 12.0 Å². The average Bonchev–Trinajstić information content (AvgIpc) is 3.20. The number of anilines is 1. The molecular formula is C24H24N4O. The number of rotatable bonds is 3. The maximum atomic E-state index is 5.51. The highest BCUT2D eigenvalue weighted by atomic mass is 16.3. The largest absolute Gasteiger partial charge is 0.464 e. The molecule has 0 spiro atoms. The molecule has 0 N–H and O–H groups in total. The van der Waals surface area contributed by atoms with E-state index in [0.717, 1.165) is 41.1 Å². The molecule has 146 valence electrons. The first-order valence-electron chi connectivity index (χ1n) is 9.88. The van der Waals surface area contributed by atoms with Crippen LogP contribution >= 0.6 is 0 Å². The molecule has 0 saturated carbocycles. The van der Waals surface area contributed by atoms with Gasteiger partial charge in [0.2, 0.25) is 0 Å². The molecule has 5 nitrogen and oxygen atoms in total. The first-order valence-corrected chi connectivity index (χ1v) is 9.88. The minimum Gasteiger partial charge on any atom is -0.464 e. The van der Waals surface area contributed by atoms with Crippen LogP contribution in [0.5, 0.6) is 0 Å². The summed E-state index contributed by atoms with van der Waals surface area (Å²) in [5.41, 5.74) is 7.03. The monoisotopic (exact) mass is 384 g/mol. The zero-order valence-electron chi connectivity index (χ0n) is 17.0. The SMILES string of the molecule is CN1Cc2cc(-c3ccc(N(C)C)nn3)ccc2C(c2ccc3occc3c2)C1. The van der Waals surface area contributed by atoms with Crippen LogP contribution < -0.4 is 4.90 Å². The number of benzene rings is 2. The lowest BCUT2D eigenvalue weighted by Gasteiger charge is -2.33. The highest BCUT2D eigenvalue weighted by Gasteiger charge is 2.25. The van der Waals surface area contributed by atoms with Crippen molar-refractivity contribution < 1.29 is 4.42 Å². The van der Waals surface area contributed by atoms with E-state index in [2.05, 4.69) is 58.5 Å². The summed E-state index contributed by atoms with van der Waals surface area (Å²) in [7, 11) is 6.13. The summed E-state index contributed by atoms with van der Waals surface area (Å²) in [4.78, 5) is 4.34. The van der Waals surface area contributed by atoms with Crippen molar-refractivity contribution >= 4 is 16.8 Å². The summed E-state index contributed by atoms with van der Waals surface area (Å²) in [6, 6.07) is 19.3. The van der Waals surface area contributed by atoms with Crippen molar-refractivity contribution in [2.24, 2.45) is 0 Å². The van der Waals surface area contributed by atoms with Crippen molar-refractivity contribution in [2.45, 2.75) is 12.5 Å². The molecule has 1 aliphatic rings. The first-order chi connectivity index (χ1) is 14.1. The van der Waals surface area contributed by atoms with Gasteiger partial charge in [0.1, 0.15) is 5.58 Å². The van der Waals surface area contributed by atoms with Crippen LogP contribution in [0, 0.1) is 0 Å². The molecule has 0 bridgehead atoms. The fourth-order valence-electron chi connectivity index (χ4n) is 4.21. The molecule has 5 rings (SSSR count). The second kappa shape index (κ2) is 7.01. The standard InChI is InChI=1S/C24H24N4O/c1-27(2)24-9-7-22(25-26-24)17-4-6-20-19(13-17)14-28(3)15-21(20)16-5-8-23-18(12-16)10-11-29-23/h4-13,21H,14-15H2,1-3H3. The van der Waals surface area contributed by atoms with Crippen molar-refractivity contribution in [1.82, 2.24) is 15.1 Å². The predicted molar refractivity (Wildman–Crippen MR) is 116 cm³/mol. The third-order valence-corrected chi connectivity index (χ3v) is 5.74. The Morgan fingerprint density at radius 3 is 2.69 bits per heavy atom. The number of aromatic nitrogens is 2. The number of nitrogens with zero attached hydrogens (tertiary/aromatic N) is 4. The van der Waals surface area contributed by atoms with Gasteiger partial charge in [-0.25, -0.2) is 0 Å². The van der Waals surface area contributed by atoms with E-state index in [1.165, 1.54) is 16.7 Å². The Morgan fingerprint density at radius 1 is 1.00 bits per heavy atom. The van der Waals surface area contributed by atoms with E-state index in [-0.39, 0.29) is 0 Å². The Labute approximate surface area is 170 Å². The second-order valence-corrected chi connectivity index (χ2v) is 8.05. The third-order valence-electron chi connectivity index (χ3n) is 5.74. The molecule has 1 aliphatic heterocycles. The molecule has 0 amide bonds. The smallest absolute Gasteiger partial charge is 0.150 e. The van der Waals surface area contributed by atoms with Gasteiger partial charge in [0.15, 0.2) is 5.82 Å². The molecule has 4 aromatic rings. The van der Waals surface area contributed by atoms with E-state index in [0.29, 0.717) is 5.92 Å². The number of likely N-dealkylation sites (N-methyl/N-ethyl adjacent to an activating group) is 1. The van der Waals surface area contributed by atoms with E-state index < -0.39 is 0 Å². The normalized spacial score (nSPS) is 16.7. The summed E-state index contributed by atoms with van der Waals surface area (Å²) in [6.07, 6.45) is 1.75. The number of hydrogen-bond acceptors (Lipinski definition) is 5. The third kappa shape index (κ3) is 3.28. The molecule has 0 fully saturated rings. The molecule has 1 unspecified atom stereocenters. The summed E-state index contributed by atoms with van der Waals surface area (Å²) < 4.78 is 5.51. The van der Waals surface area contributed by atoms with Crippen LogP contribution in [0.2, 0.25) is 0 Å². The fourth-order valence-corrected chi connectivity index (χ4v) is 4.21. The van der Waals surface area contributed by atoms with Gasteiger partial charge in [-0.2, -0.15) is 0 Å². The molecule has 2 aromatic heterocycles. The summed E-state index contributed by atoms with van der Waals surface area (Å²) in [6.45, 7) is 1.95. The molecule has 3 heterocycles. The molecule has 0 radical (unpaired) electrons. The molecular weight excluding hydrogens is 360 g/mol. The number of furan rings is 1. The topological polar surface area (TPSA) is 45.4 Å². The Hall–Kier alpha value is -3.18. The van der Waals surface area contributed by atoms with Gasteiger partial charge in [-0.05, 0) is 60.1 Å². The van der Waals surface area contributed by atoms with Crippen LogP contribution in [0.25, 0.3) is 22.2 Å². The summed E-state index contributed by atoms with van der Waals surface area (Å²) in [5, 5.41) is 9.91. The maximum Gasteiger partial charge on any atom is 0.150 e. The van der Waals surface area contributed by atoms with Gasteiger partial charge in [0.25, 0.3) is 0 Å². The van der Waals surface area contributed by atoms with E-state index in [4.69, 9.17) is 4.42 Å². The zero-order chi connectivity index (χ0) is 20.0. The Balaban J connectivity index is 1.53. The van der Waals surface area contributed by atoms with Gasteiger partial charge < -0.3 is 14.2 Å². The highest BCUT2D eigenvalue weighted by molar-refractivity contribution is 5.78. The highest BCUT2D eigenvalue weighted by Crippen LogP contribution is 2.36. The fraction of sp³-hybridized carbons (Fsp3) is 0.250. The molecule has 5 heteroatoms. The van der Waals surface area contributed by atoms with Crippen LogP contribution in [-0.2, 0) is 6.54 Å². The van der Waals surface area contributed by atoms with Crippen molar-refractivity contribution in [3.63, 3.8) is 0 Å². The van der Waals surface area contributed by atoms with Crippen LogP contribution in [0.3, 0.4) is 0 Å². The van der Waals surface area contributed by atoms with E-state index in [1.807, 2.05) is 37.2 Å². The minimum atomic E-state index is 0.347. The molecule has 0 aliphatic carbocycles. The van der Waals surface area contributed by atoms with Gasteiger partial charge in [-0.1, -0.05) is 18.2 Å². The molecule has 2 aromatic carbocycles. The summed E-state index contributed by atoms with van der Waals surface area (Å²) in [5.74, 6) is 1.21. The van der Waals surface area contributed by atoms with Crippen LogP contribution in [0.4, 0.5) is 5.82 Å². The molecule has 1 atom stereocenters. The number of hydrogen-bond donors (Lipinski definition) is 0. The van der Waals surface area contributed by atoms with Crippen molar-refractivity contribution in [2.75, 3.05) is 32.6 Å². The molecule has 0 saturated heterocycles. The Bertz CT molecular complexity index is 1160. The van der Waals surface area contributed by atoms with Crippen molar-refractivity contribution in [1.29, 1.82) is 0 Å². The van der Waals surface area contributed by atoms with E-state index >= 15 is 0 Å². The first kappa shape index (κ1) is 17.9. The van der Waals surface area contributed by atoms with Gasteiger partial charge in [0, 0.05) is 44.1 Å². The van der Waals surface area contributed by atoms with Gasteiger partial charge in [-0.15, -0.1) is 10.2 Å². The minimum absolute atomic E-state index is 0.347. The predicted octanol–water partition coefficient (Wildman–Crippen LogP) is 4.53. The van der Waals surface area contributed by atoms with E-state index in [9.17, 15) is 0 Å².